The molecule has 0 saturated heterocycles. The second-order valence-corrected chi connectivity index (χ2v) is 5.29. The fraction of sp³-hybridized carbons (Fsp3) is 0.200. The number of aromatic nitrogens is 2. The van der Waals surface area contributed by atoms with Gasteiger partial charge in [-0.3, -0.25) is 9.20 Å². The molecule has 0 fully saturated rings. The Morgan fingerprint density at radius 2 is 2.30 bits per heavy atom. The zero-order valence-electron chi connectivity index (χ0n) is 11.2. The minimum absolute atomic E-state index is 0.114. The third-order valence-electron chi connectivity index (χ3n) is 3.08. The van der Waals surface area contributed by atoms with Gasteiger partial charge in [-0.25, -0.2) is 4.98 Å². The van der Waals surface area contributed by atoms with Gasteiger partial charge >= 0.3 is 0 Å². The summed E-state index contributed by atoms with van der Waals surface area (Å²) in [5.41, 5.74) is 3.16. The van der Waals surface area contributed by atoms with E-state index in [-0.39, 0.29) is 5.91 Å². The maximum atomic E-state index is 12.3. The number of nitrogens with one attached hydrogen (secondary N) is 1. The van der Waals surface area contributed by atoms with Crippen LogP contribution in [0.15, 0.2) is 41.2 Å². The van der Waals surface area contributed by atoms with Crippen molar-refractivity contribution in [3.63, 3.8) is 0 Å². The average Bonchev–Trinajstić information content (AvgIpc) is 3.10. The molecule has 0 aliphatic rings. The Morgan fingerprint density at radius 1 is 1.40 bits per heavy atom. The van der Waals surface area contributed by atoms with Crippen LogP contribution in [0.2, 0.25) is 0 Å². The first-order valence-corrected chi connectivity index (χ1v) is 7.53. The van der Waals surface area contributed by atoms with Crippen LogP contribution in [0.5, 0.6) is 0 Å². The second-order valence-electron chi connectivity index (χ2n) is 4.51. The number of hydrogen-bond donors (Lipinski definition) is 1. The second kappa shape index (κ2) is 5.46. The highest BCUT2D eigenvalue weighted by molar-refractivity contribution is 7.08. The van der Waals surface area contributed by atoms with E-state index in [4.69, 9.17) is 0 Å². The van der Waals surface area contributed by atoms with E-state index in [1.165, 1.54) is 0 Å². The molecule has 0 aromatic carbocycles. The molecule has 3 aromatic rings. The Bertz CT molecular complexity index is 731. The molecule has 1 amide bonds. The molecular weight excluding hydrogens is 270 g/mol. The summed E-state index contributed by atoms with van der Waals surface area (Å²) in [4.78, 5) is 16.8. The van der Waals surface area contributed by atoms with Crippen LogP contribution in [0, 0.1) is 0 Å². The first-order valence-electron chi connectivity index (χ1n) is 6.59. The number of amides is 1. The summed E-state index contributed by atoms with van der Waals surface area (Å²) >= 11 is 1.61. The van der Waals surface area contributed by atoms with Crippen LogP contribution >= 0.6 is 11.3 Å². The molecule has 0 spiro atoms. The Balaban J connectivity index is 2.16. The lowest BCUT2D eigenvalue weighted by atomic mass is 10.2. The Labute approximate surface area is 121 Å². The molecule has 3 rings (SSSR count). The van der Waals surface area contributed by atoms with Gasteiger partial charge in [-0.1, -0.05) is 13.0 Å². The molecule has 0 aliphatic carbocycles. The zero-order chi connectivity index (χ0) is 13.9. The van der Waals surface area contributed by atoms with Crippen LogP contribution < -0.4 is 5.32 Å². The summed E-state index contributed by atoms with van der Waals surface area (Å²) in [5, 5.41) is 6.94. The summed E-state index contributed by atoms with van der Waals surface area (Å²) in [6.45, 7) is 2.69. The smallest absolute Gasteiger partial charge is 0.272 e. The normalized spacial score (nSPS) is 10.8. The molecule has 5 heteroatoms. The zero-order valence-corrected chi connectivity index (χ0v) is 12.0. The number of thiophene rings is 1. The van der Waals surface area contributed by atoms with Crippen LogP contribution in [0.25, 0.3) is 16.9 Å². The molecule has 3 heterocycles. The SMILES string of the molecule is CCCNC(=O)c1nc2ccccn2c1-c1ccsc1. The molecule has 20 heavy (non-hydrogen) atoms. The van der Waals surface area contributed by atoms with Gasteiger partial charge in [0.25, 0.3) is 5.91 Å². The Kier molecular flexibility index (Phi) is 3.52. The highest BCUT2D eigenvalue weighted by Crippen LogP contribution is 2.27. The predicted octanol–water partition coefficient (Wildman–Crippen LogP) is 3.20. The average molecular weight is 285 g/mol. The fourth-order valence-corrected chi connectivity index (χ4v) is 2.79. The van der Waals surface area contributed by atoms with Gasteiger partial charge in [-0.05, 0) is 30.0 Å². The van der Waals surface area contributed by atoms with Crippen molar-refractivity contribution in [3.8, 4) is 11.3 Å². The molecule has 0 atom stereocenters. The number of pyridine rings is 1. The lowest BCUT2D eigenvalue weighted by Crippen LogP contribution is -2.24. The lowest BCUT2D eigenvalue weighted by Gasteiger charge is -2.04. The van der Waals surface area contributed by atoms with Crippen molar-refractivity contribution in [3.05, 3.63) is 46.9 Å². The maximum Gasteiger partial charge on any atom is 0.272 e. The minimum Gasteiger partial charge on any atom is -0.351 e. The Hall–Kier alpha value is -2.14. The van der Waals surface area contributed by atoms with E-state index in [0.29, 0.717) is 12.2 Å². The topological polar surface area (TPSA) is 46.4 Å². The van der Waals surface area contributed by atoms with E-state index in [0.717, 1.165) is 23.3 Å². The third kappa shape index (κ3) is 2.20. The highest BCUT2D eigenvalue weighted by atomic mass is 32.1. The number of rotatable bonds is 4. The van der Waals surface area contributed by atoms with Gasteiger partial charge < -0.3 is 5.32 Å². The van der Waals surface area contributed by atoms with Gasteiger partial charge in [0.1, 0.15) is 5.65 Å². The van der Waals surface area contributed by atoms with Gasteiger partial charge in [0.2, 0.25) is 0 Å². The quantitative estimate of drug-likeness (QED) is 0.800. The fourth-order valence-electron chi connectivity index (χ4n) is 2.15. The van der Waals surface area contributed by atoms with Crippen LogP contribution in [-0.2, 0) is 0 Å². The van der Waals surface area contributed by atoms with E-state index in [1.54, 1.807) is 11.3 Å². The van der Waals surface area contributed by atoms with Crippen molar-refractivity contribution in [2.75, 3.05) is 6.54 Å². The highest BCUT2D eigenvalue weighted by Gasteiger charge is 2.19. The molecule has 0 aliphatic heterocycles. The number of nitrogens with zero attached hydrogens (tertiary/aromatic N) is 2. The maximum absolute atomic E-state index is 12.3. The van der Waals surface area contributed by atoms with Crippen molar-refractivity contribution < 1.29 is 4.79 Å². The van der Waals surface area contributed by atoms with Crippen LogP contribution in [-0.4, -0.2) is 21.8 Å². The van der Waals surface area contributed by atoms with E-state index >= 15 is 0 Å². The molecular formula is C15H15N3OS. The molecule has 102 valence electrons. The van der Waals surface area contributed by atoms with Crippen LogP contribution in [0.4, 0.5) is 0 Å². The van der Waals surface area contributed by atoms with Crippen molar-refractivity contribution in [1.82, 2.24) is 14.7 Å². The number of carbonyl (C=O) groups excluding carboxylic acids is 1. The van der Waals surface area contributed by atoms with Crippen LogP contribution in [0.1, 0.15) is 23.8 Å². The molecule has 3 aromatic heterocycles. The van der Waals surface area contributed by atoms with Crippen molar-refractivity contribution >= 4 is 22.9 Å². The molecule has 0 bridgehead atoms. The molecule has 1 N–H and O–H groups in total. The number of fused-ring (bicyclic) bond motifs is 1. The molecule has 0 saturated carbocycles. The molecule has 4 nitrogen and oxygen atoms in total. The number of hydrogen-bond acceptors (Lipinski definition) is 3. The number of imidazole rings is 1. The van der Waals surface area contributed by atoms with Gasteiger partial charge in [-0.15, -0.1) is 0 Å². The van der Waals surface area contributed by atoms with Gasteiger partial charge in [0, 0.05) is 23.7 Å². The monoisotopic (exact) mass is 285 g/mol. The van der Waals surface area contributed by atoms with Gasteiger partial charge in [0.15, 0.2) is 5.69 Å². The predicted molar refractivity (Wildman–Crippen MR) is 81.1 cm³/mol. The largest absolute Gasteiger partial charge is 0.351 e. The first-order chi connectivity index (χ1) is 9.81. The Morgan fingerprint density at radius 3 is 3.05 bits per heavy atom. The first kappa shape index (κ1) is 12.9. The van der Waals surface area contributed by atoms with Gasteiger partial charge in [-0.2, -0.15) is 11.3 Å². The van der Waals surface area contributed by atoms with Crippen molar-refractivity contribution in [1.29, 1.82) is 0 Å². The van der Waals surface area contributed by atoms with Crippen molar-refractivity contribution in [2.24, 2.45) is 0 Å². The van der Waals surface area contributed by atoms with E-state index in [2.05, 4.69) is 10.3 Å². The van der Waals surface area contributed by atoms with E-state index in [9.17, 15) is 4.79 Å². The number of carbonyl (C=O) groups is 1. The molecule has 0 radical (unpaired) electrons. The summed E-state index contributed by atoms with van der Waals surface area (Å²) in [6, 6.07) is 7.79. The van der Waals surface area contributed by atoms with E-state index < -0.39 is 0 Å². The lowest BCUT2D eigenvalue weighted by molar-refractivity contribution is 0.0950. The van der Waals surface area contributed by atoms with Crippen LogP contribution in [0.3, 0.4) is 0 Å². The van der Waals surface area contributed by atoms with Crippen molar-refractivity contribution in [2.45, 2.75) is 13.3 Å². The van der Waals surface area contributed by atoms with Gasteiger partial charge in [0.05, 0.1) is 5.69 Å². The minimum atomic E-state index is -0.114. The summed E-state index contributed by atoms with van der Waals surface area (Å²) in [6.07, 6.45) is 2.85. The summed E-state index contributed by atoms with van der Waals surface area (Å²) < 4.78 is 1.96. The third-order valence-corrected chi connectivity index (χ3v) is 3.76. The summed E-state index contributed by atoms with van der Waals surface area (Å²) in [7, 11) is 0. The van der Waals surface area contributed by atoms with E-state index in [1.807, 2.05) is 52.5 Å². The molecule has 0 unspecified atom stereocenters. The summed E-state index contributed by atoms with van der Waals surface area (Å²) in [5.74, 6) is -0.114. The standard InChI is InChI=1S/C15H15N3OS/c1-2-7-16-15(19)13-14(11-6-9-20-10-11)18-8-4-3-5-12(18)17-13/h3-6,8-10H,2,7H2,1H3,(H,16,19).